The fourth-order valence-electron chi connectivity index (χ4n) is 0.884. The Morgan fingerprint density at radius 1 is 1.00 bits per heavy atom. The van der Waals surface area contributed by atoms with E-state index in [-0.39, 0.29) is 0 Å². The summed E-state index contributed by atoms with van der Waals surface area (Å²) >= 11 is 0. The highest BCUT2D eigenvalue weighted by Gasteiger charge is 2.54. The summed E-state index contributed by atoms with van der Waals surface area (Å²) in [5.74, 6) is 0. The number of nitrogens with one attached hydrogen (secondary N) is 1. The number of rotatable bonds is 6. The molecule has 0 saturated heterocycles. The molecule has 0 fully saturated rings. The van der Waals surface area contributed by atoms with E-state index in [1.54, 1.807) is 0 Å². The average molecular weight is 241 g/mol. The molecular weight excluding hydrogens is 235 g/mol. The Bertz CT molecular complexity index is 307. The van der Waals surface area contributed by atoms with Crippen molar-refractivity contribution in [2.75, 3.05) is 6.54 Å². The van der Waals surface area contributed by atoms with Gasteiger partial charge in [-0.1, -0.05) is 0 Å². The van der Waals surface area contributed by atoms with Gasteiger partial charge in [0, 0.05) is 6.54 Å². The van der Waals surface area contributed by atoms with E-state index < -0.39 is 42.6 Å². The fraction of sp³-hybridized carbons (Fsp3) is 0.429. The number of carboxylic acid groups (broad SMARTS) is 1. The Hall–Kier alpha value is -1.93. The Kier molecular flexibility index (Phi) is 4.60. The fourth-order valence-corrected chi connectivity index (χ4v) is 0.884. The van der Waals surface area contributed by atoms with Gasteiger partial charge in [0.05, 0.1) is 0 Å². The van der Waals surface area contributed by atoms with Crippen LogP contribution in [-0.2, 0) is 14.4 Å². The lowest BCUT2D eigenvalue weighted by atomic mass is 9.86. The molecule has 0 heterocycles. The Morgan fingerprint density at radius 3 is 1.62 bits per heavy atom. The normalized spacial score (nSPS) is 10.7. The molecule has 6 nitrogen and oxygen atoms in total. The summed E-state index contributed by atoms with van der Waals surface area (Å²) < 4.78 is 36.9. The van der Waals surface area contributed by atoms with Crippen molar-refractivity contribution in [2.24, 2.45) is 5.41 Å². The minimum atomic E-state index is -3.71. The molecule has 0 rings (SSSR count). The van der Waals surface area contributed by atoms with Crippen LogP contribution in [0.1, 0.15) is 6.42 Å². The predicted molar refractivity (Wildman–Crippen MR) is 41.4 cm³/mol. The second kappa shape index (κ2) is 5.24. The monoisotopic (exact) mass is 241 g/mol. The predicted octanol–water partition coefficient (Wildman–Crippen LogP) is 0.119. The smallest absolute Gasteiger partial charge is 0.404 e. The standard InChI is InChI=1S/C7H6F3NO5/c8-3(12)7(4(9)13,5(10)14)1-2-11-6(15)16/h11H,1-2H2,(H,15,16). The molecule has 0 saturated carbocycles. The van der Waals surface area contributed by atoms with Crippen LogP contribution < -0.4 is 5.32 Å². The van der Waals surface area contributed by atoms with E-state index >= 15 is 0 Å². The lowest BCUT2D eigenvalue weighted by Crippen LogP contribution is -2.44. The highest BCUT2D eigenvalue weighted by Crippen LogP contribution is 2.28. The first-order valence-corrected chi connectivity index (χ1v) is 3.81. The van der Waals surface area contributed by atoms with Crippen molar-refractivity contribution in [3.05, 3.63) is 0 Å². The van der Waals surface area contributed by atoms with Gasteiger partial charge in [0.2, 0.25) is 5.41 Å². The Morgan fingerprint density at radius 2 is 1.38 bits per heavy atom. The van der Waals surface area contributed by atoms with E-state index in [0.29, 0.717) is 0 Å². The minimum absolute atomic E-state index is 0.837. The van der Waals surface area contributed by atoms with Crippen molar-refractivity contribution < 1.29 is 37.5 Å². The Balaban J connectivity index is 4.92. The number of carbonyl (C=O) groups excluding carboxylic acids is 3. The molecule has 0 bridgehead atoms. The molecule has 0 unspecified atom stereocenters. The molecule has 0 aliphatic rings. The zero-order valence-corrected chi connectivity index (χ0v) is 7.63. The molecule has 0 atom stereocenters. The number of halogens is 3. The third-order valence-corrected chi connectivity index (χ3v) is 1.78. The first-order valence-electron chi connectivity index (χ1n) is 3.81. The van der Waals surface area contributed by atoms with Crippen molar-refractivity contribution in [3.8, 4) is 0 Å². The van der Waals surface area contributed by atoms with Crippen LogP contribution in [0.4, 0.5) is 18.0 Å². The van der Waals surface area contributed by atoms with Crippen LogP contribution in [0.5, 0.6) is 0 Å². The third kappa shape index (κ3) is 2.78. The summed E-state index contributed by atoms with van der Waals surface area (Å²) in [7, 11) is 0. The zero-order chi connectivity index (χ0) is 12.9. The first-order chi connectivity index (χ1) is 7.25. The van der Waals surface area contributed by atoms with Crippen LogP contribution in [0.25, 0.3) is 0 Å². The van der Waals surface area contributed by atoms with Gasteiger partial charge in [-0.05, 0) is 6.42 Å². The van der Waals surface area contributed by atoms with E-state index in [9.17, 15) is 32.3 Å². The summed E-state index contributed by atoms with van der Waals surface area (Å²) in [6, 6.07) is -8.42. The molecule has 9 heteroatoms. The van der Waals surface area contributed by atoms with Crippen LogP contribution in [0.2, 0.25) is 0 Å². The van der Waals surface area contributed by atoms with E-state index in [2.05, 4.69) is 0 Å². The molecule has 2 N–H and O–H groups in total. The molecule has 0 spiro atoms. The van der Waals surface area contributed by atoms with Crippen molar-refractivity contribution in [1.82, 2.24) is 5.32 Å². The molecule has 1 amide bonds. The largest absolute Gasteiger partial charge is 0.465 e. The molecule has 0 aromatic rings. The summed E-state index contributed by atoms with van der Waals surface area (Å²) in [4.78, 5) is 40.7. The molecule has 0 aliphatic heterocycles. The number of carbonyl (C=O) groups is 4. The third-order valence-electron chi connectivity index (χ3n) is 1.78. The quantitative estimate of drug-likeness (QED) is 0.508. The van der Waals surface area contributed by atoms with Crippen LogP contribution in [0, 0.1) is 5.41 Å². The second-order valence-electron chi connectivity index (χ2n) is 2.71. The van der Waals surface area contributed by atoms with Crippen molar-refractivity contribution >= 4 is 24.2 Å². The van der Waals surface area contributed by atoms with Crippen molar-refractivity contribution in [1.29, 1.82) is 0 Å². The maximum absolute atomic E-state index is 12.3. The average Bonchev–Trinajstić information content (AvgIpc) is 2.09. The van der Waals surface area contributed by atoms with Crippen LogP contribution in [0.15, 0.2) is 0 Å². The van der Waals surface area contributed by atoms with Crippen LogP contribution in [0.3, 0.4) is 0 Å². The molecular formula is C7H6F3NO5. The van der Waals surface area contributed by atoms with Crippen molar-refractivity contribution in [2.45, 2.75) is 6.42 Å². The molecule has 0 aromatic carbocycles. The Labute approximate surface area is 86.4 Å². The van der Waals surface area contributed by atoms with Gasteiger partial charge in [-0.3, -0.25) is 14.4 Å². The highest BCUT2D eigenvalue weighted by atomic mass is 19.2. The topological polar surface area (TPSA) is 101 Å². The number of hydrogen-bond donors (Lipinski definition) is 2. The summed E-state index contributed by atoms with van der Waals surface area (Å²) in [5, 5.41) is 9.60. The molecule has 90 valence electrons. The van der Waals surface area contributed by atoms with E-state index in [1.807, 2.05) is 0 Å². The summed E-state index contributed by atoms with van der Waals surface area (Å²) in [5.41, 5.74) is -3.71. The van der Waals surface area contributed by atoms with E-state index in [0.717, 1.165) is 0 Å². The van der Waals surface area contributed by atoms with Gasteiger partial charge in [0.15, 0.2) is 0 Å². The maximum atomic E-state index is 12.3. The molecule has 0 aromatic heterocycles. The first kappa shape index (κ1) is 14.1. The van der Waals surface area contributed by atoms with Gasteiger partial charge in [-0.15, -0.1) is 0 Å². The van der Waals surface area contributed by atoms with Gasteiger partial charge in [0.1, 0.15) is 0 Å². The van der Waals surface area contributed by atoms with E-state index in [1.165, 1.54) is 5.32 Å². The summed E-state index contributed by atoms with van der Waals surface area (Å²) in [6.07, 6.45) is -2.89. The van der Waals surface area contributed by atoms with Crippen LogP contribution in [-0.4, -0.2) is 35.9 Å². The van der Waals surface area contributed by atoms with Crippen molar-refractivity contribution in [3.63, 3.8) is 0 Å². The maximum Gasteiger partial charge on any atom is 0.404 e. The van der Waals surface area contributed by atoms with Gasteiger partial charge in [-0.2, -0.15) is 13.2 Å². The SMILES string of the molecule is O=C(O)NCCC(C(=O)F)(C(=O)F)C(=O)F. The van der Waals surface area contributed by atoms with Gasteiger partial charge in [-0.25, -0.2) is 4.79 Å². The van der Waals surface area contributed by atoms with Gasteiger partial charge in [0.25, 0.3) is 0 Å². The van der Waals surface area contributed by atoms with Crippen LogP contribution >= 0.6 is 0 Å². The second-order valence-corrected chi connectivity index (χ2v) is 2.71. The molecule has 16 heavy (non-hydrogen) atoms. The molecule has 0 radical (unpaired) electrons. The lowest BCUT2D eigenvalue weighted by Gasteiger charge is -2.17. The number of amides is 1. The lowest BCUT2D eigenvalue weighted by molar-refractivity contribution is -0.164. The highest BCUT2D eigenvalue weighted by molar-refractivity contribution is 6.17. The van der Waals surface area contributed by atoms with Gasteiger partial charge >= 0.3 is 24.2 Å². The van der Waals surface area contributed by atoms with E-state index in [4.69, 9.17) is 5.11 Å². The minimum Gasteiger partial charge on any atom is -0.465 e. The number of hydrogen-bond acceptors (Lipinski definition) is 4. The summed E-state index contributed by atoms with van der Waals surface area (Å²) in [6.45, 7) is -0.837. The van der Waals surface area contributed by atoms with Gasteiger partial charge < -0.3 is 10.4 Å². The molecule has 0 aliphatic carbocycles. The zero-order valence-electron chi connectivity index (χ0n) is 7.63.